The number of fused-ring (bicyclic) bond motifs is 2. The van der Waals surface area contributed by atoms with Crippen LogP contribution in [0.1, 0.15) is 76.2 Å². The van der Waals surface area contributed by atoms with Crippen molar-refractivity contribution in [2.75, 3.05) is 5.32 Å². The second-order valence-electron chi connectivity index (χ2n) is 9.68. The molecule has 0 aromatic carbocycles. The number of aryl methyl sites for hydroxylation is 1. The summed E-state index contributed by atoms with van der Waals surface area (Å²) >= 11 is 0. The molecule has 8 heteroatoms. The first kappa shape index (κ1) is 22.6. The Bertz CT molecular complexity index is 940. The number of rotatable bonds is 6. The molecule has 2 amide bonds. The second-order valence-corrected chi connectivity index (χ2v) is 9.68. The number of anilines is 1. The first-order chi connectivity index (χ1) is 15.3. The molecule has 8 nitrogen and oxygen atoms in total. The van der Waals surface area contributed by atoms with Crippen LogP contribution in [0.2, 0.25) is 0 Å². The first-order valence-electron chi connectivity index (χ1n) is 11.9. The van der Waals surface area contributed by atoms with Gasteiger partial charge in [-0.25, -0.2) is 0 Å². The van der Waals surface area contributed by atoms with Crippen LogP contribution in [-0.4, -0.2) is 38.7 Å². The van der Waals surface area contributed by atoms with E-state index in [0.29, 0.717) is 12.2 Å². The minimum atomic E-state index is -0.921. The van der Waals surface area contributed by atoms with E-state index in [2.05, 4.69) is 15.7 Å². The number of amides is 2. The summed E-state index contributed by atoms with van der Waals surface area (Å²) in [5.74, 6) is -3.01. The highest BCUT2D eigenvalue weighted by Crippen LogP contribution is 2.57. The number of aromatic nitrogens is 2. The predicted octanol–water partition coefficient (Wildman–Crippen LogP) is 3.60. The summed E-state index contributed by atoms with van der Waals surface area (Å²) in [7, 11) is 0. The smallest absolute Gasteiger partial charge is 0.307 e. The molecule has 2 bridgehead atoms. The lowest BCUT2D eigenvalue weighted by Crippen LogP contribution is -2.39. The predicted molar refractivity (Wildman–Crippen MR) is 120 cm³/mol. The van der Waals surface area contributed by atoms with Crippen LogP contribution in [0.15, 0.2) is 17.3 Å². The Balaban J connectivity index is 1.56. The highest BCUT2D eigenvalue weighted by molar-refractivity contribution is 6.04. The van der Waals surface area contributed by atoms with Crippen molar-refractivity contribution in [3.8, 4) is 0 Å². The maximum absolute atomic E-state index is 13.4. The lowest BCUT2D eigenvalue weighted by molar-refractivity contribution is -0.148. The zero-order valence-corrected chi connectivity index (χ0v) is 19.2. The van der Waals surface area contributed by atoms with Gasteiger partial charge < -0.3 is 15.7 Å². The van der Waals surface area contributed by atoms with Gasteiger partial charge in [-0.15, -0.1) is 0 Å². The van der Waals surface area contributed by atoms with E-state index in [4.69, 9.17) is 0 Å². The summed E-state index contributed by atoms with van der Waals surface area (Å²) in [6, 6.07) is 0.133. The summed E-state index contributed by atoms with van der Waals surface area (Å²) < 4.78 is 1.63. The van der Waals surface area contributed by atoms with Crippen molar-refractivity contribution in [3.63, 3.8) is 0 Å². The number of carboxylic acids is 1. The molecule has 3 aliphatic carbocycles. The van der Waals surface area contributed by atoms with Crippen molar-refractivity contribution < 1.29 is 19.5 Å². The fourth-order valence-electron chi connectivity index (χ4n) is 6.16. The van der Waals surface area contributed by atoms with Crippen LogP contribution < -0.4 is 10.6 Å². The summed E-state index contributed by atoms with van der Waals surface area (Å²) in [5, 5.41) is 20.2. The van der Waals surface area contributed by atoms with Crippen LogP contribution in [0.25, 0.3) is 0 Å². The molecule has 174 valence electrons. The van der Waals surface area contributed by atoms with Crippen LogP contribution in [0.3, 0.4) is 0 Å². The average molecular weight is 443 g/mol. The third-order valence-electron chi connectivity index (χ3n) is 7.51. The zero-order chi connectivity index (χ0) is 23.0. The summed E-state index contributed by atoms with van der Waals surface area (Å²) in [6.45, 7) is 6.48. The van der Waals surface area contributed by atoms with Gasteiger partial charge in [0.15, 0.2) is 5.69 Å². The topological polar surface area (TPSA) is 113 Å². The molecule has 0 aliphatic heterocycles. The van der Waals surface area contributed by atoms with Gasteiger partial charge >= 0.3 is 5.97 Å². The van der Waals surface area contributed by atoms with Gasteiger partial charge in [0.1, 0.15) is 0 Å². The minimum Gasteiger partial charge on any atom is -0.481 e. The number of nitrogens with one attached hydrogen (secondary N) is 2. The van der Waals surface area contributed by atoms with Gasteiger partial charge in [-0.2, -0.15) is 5.10 Å². The van der Waals surface area contributed by atoms with Crippen molar-refractivity contribution >= 4 is 23.5 Å². The number of carboxylic acid groups (broad SMARTS) is 1. The fourth-order valence-corrected chi connectivity index (χ4v) is 6.16. The highest BCUT2D eigenvalue weighted by atomic mass is 16.4. The standard InChI is InChI=1S/C24H34N4O4/c1-4-28-12-17(21(27-28)23(30)25-14-8-6-5-7-9-14)26-22(29)19-15-10-11-16(18(15)13(2)3)20(19)24(31)32/h12,14-16,19-20H,4-11H2,1-3H3,(H,25,30)(H,26,29)(H,31,32)/t15-,16-,19-,20+/m0/s1. The van der Waals surface area contributed by atoms with E-state index < -0.39 is 17.8 Å². The average Bonchev–Trinajstić information content (AvgIpc) is 3.45. The quantitative estimate of drug-likeness (QED) is 0.583. The monoisotopic (exact) mass is 442 g/mol. The van der Waals surface area contributed by atoms with Crippen LogP contribution in [0.4, 0.5) is 5.69 Å². The summed E-state index contributed by atoms with van der Waals surface area (Å²) in [4.78, 5) is 38.4. The zero-order valence-electron chi connectivity index (χ0n) is 19.2. The van der Waals surface area contributed by atoms with Crippen molar-refractivity contribution in [2.45, 2.75) is 78.3 Å². The number of carbonyl (C=O) groups excluding carboxylic acids is 2. The maximum Gasteiger partial charge on any atom is 0.307 e. The number of allylic oxidation sites excluding steroid dienone is 2. The number of hydrogen-bond acceptors (Lipinski definition) is 4. The number of carbonyl (C=O) groups is 3. The van der Waals surface area contributed by atoms with Crippen LogP contribution >= 0.6 is 0 Å². The third-order valence-corrected chi connectivity index (χ3v) is 7.51. The molecule has 0 radical (unpaired) electrons. The third kappa shape index (κ3) is 4.07. The number of nitrogens with zero attached hydrogens (tertiary/aromatic N) is 2. The Hall–Kier alpha value is -2.64. The molecule has 3 fully saturated rings. The van der Waals surface area contributed by atoms with E-state index in [1.807, 2.05) is 20.8 Å². The molecule has 4 rings (SSSR count). The molecule has 1 heterocycles. The molecule has 3 saturated carbocycles. The molecular weight excluding hydrogens is 408 g/mol. The number of aliphatic carboxylic acids is 1. The normalized spacial score (nSPS) is 27.4. The lowest BCUT2D eigenvalue weighted by Gasteiger charge is -2.26. The summed E-state index contributed by atoms with van der Waals surface area (Å²) in [5.41, 5.74) is 2.81. The molecule has 1 aromatic heterocycles. The van der Waals surface area contributed by atoms with E-state index in [9.17, 15) is 19.5 Å². The van der Waals surface area contributed by atoms with E-state index in [1.165, 1.54) is 6.42 Å². The van der Waals surface area contributed by atoms with Crippen LogP contribution in [0, 0.1) is 23.7 Å². The van der Waals surface area contributed by atoms with Gasteiger partial charge in [0, 0.05) is 18.8 Å². The second kappa shape index (κ2) is 9.08. The Morgan fingerprint density at radius 3 is 2.31 bits per heavy atom. The van der Waals surface area contributed by atoms with Gasteiger partial charge in [0.25, 0.3) is 5.91 Å². The van der Waals surface area contributed by atoms with E-state index in [-0.39, 0.29) is 35.4 Å². The van der Waals surface area contributed by atoms with Gasteiger partial charge in [0.05, 0.1) is 17.5 Å². The van der Waals surface area contributed by atoms with E-state index >= 15 is 0 Å². The molecule has 0 spiro atoms. The highest BCUT2D eigenvalue weighted by Gasteiger charge is 2.57. The molecule has 3 N–H and O–H groups in total. The Morgan fingerprint density at radius 1 is 1.06 bits per heavy atom. The minimum absolute atomic E-state index is 0.0492. The van der Waals surface area contributed by atoms with Crippen LogP contribution in [-0.2, 0) is 16.1 Å². The van der Waals surface area contributed by atoms with Crippen molar-refractivity contribution in [2.24, 2.45) is 23.7 Å². The lowest BCUT2D eigenvalue weighted by atomic mass is 9.78. The molecule has 32 heavy (non-hydrogen) atoms. The molecule has 3 aliphatic rings. The summed E-state index contributed by atoms with van der Waals surface area (Å²) in [6.07, 6.45) is 8.62. The first-order valence-corrected chi connectivity index (χ1v) is 11.9. The number of hydrogen-bond donors (Lipinski definition) is 3. The van der Waals surface area contributed by atoms with Crippen LogP contribution in [0.5, 0.6) is 0 Å². The van der Waals surface area contributed by atoms with Crippen molar-refractivity contribution in [1.82, 2.24) is 15.1 Å². The Morgan fingerprint density at radius 2 is 1.72 bits per heavy atom. The van der Waals surface area contributed by atoms with Crippen molar-refractivity contribution in [3.05, 3.63) is 23.0 Å². The molecular formula is C24H34N4O4. The molecule has 4 atom stereocenters. The van der Waals surface area contributed by atoms with Crippen molar-refractivity contribution in [1.29, 1.82) is 0 Å². The fraction of sp³-hybridized carbons (Fsp3) is 0.667. The molecule has 0 saturated heterocycles. The van der Waals surface area contributed by atoms with Gasteiger partial charge in [-0.1, -0.05) is 30.4 Å². The Labute approximate surface area is 188 Å². The molecule has 1 aromatic rings. The van der Waals surface area contributed by atoms with Gasteiger partial charge in [-0.05, 0) is 58.3 Å². The van der Waals surface area contributed by atoms with Gasteiger partial charge in [-0.3, -0.25) is 19.1 Å². The largest absolute Gasteiger partial charge is 0.481 e. The van der Waals surface area contributed by atoms with E-state index in [1.54, 1.807) is 10.9 Å². The van der Waals surface area contributed by atoms with E-state index in [0.717, 1.165) is 49.7 Å². The Kier molecular flexibility index (Phi) is 6.40. The maximum atomic E-state index is 13.4. The van der Waals surface area contributed by atoms with Gasteiger partial charge in [0.2, 0.25) is 5.91 Å². The molecule has 0 unspecified atom stereocenters. The SMILES string of the molecule is CCn1cc(NC(=O)[C@@H]2[C@H](C(=O)O)[C@H]3CC[C@H]2C3=C(C)C)c(C(=O)NC2CCCCC2)n1.